The quantitative estimate of drug-likeness (QED) is 0.559. The van der Waals surface area contributed by atoms with Crippen molar-refractivity contribution >= 4 is 29.2 Å². The number of methoxy groups -OCH3 is 1. The molecule has 1 aliphatic heterocycles. The SMILES string of the molecule is CCOC(=O)CN1CCC(CNC(=O)c2cc(Cl)c(N)cc2OC)C1. The van der Waals surface area contributed by atoms with E-state index in [0.29, 0.717) is 41.7 Å². The number of nitrogens with zero attached hydrogens (tertiary/aromatic N) is 1. The van der Waals surface area contributed by atoms with Gasteiger partial charge in [-0.3, -0.25) is 14.5 Å². The van der Waals surface area contributed by atoms with E-state index >= 15 is 0 Å². The van der Waals surface area contributed by atoms with Gasteiger partial charge >= 0.3 is 5.97 Å². The molecule has 0 saturated carbocycles. The maximum Gasteiger partial charge on any atom is 0.320 e. The number of hydrogen-bond acceptors (Lipinski definition) is 6. The average molecular weight is 370 g/mol. The summed E-state index contributed by atoms with van der Waals surface area (Å²) in [5, 5.41) is 3.21. The number of anilines is 1. The number of hydrogen-bond donors (Lipinski definition) is 2. The van der Waals surface area contributed by atoms with E-state index in [9.17, 15) is 9.59 Å². The van der Waals surface area contributed by atoms with Crippen molar-refractivity contribution in [3.63, 3.8) is 0 Å². The minimum absolute atomic E-state index is 0.214. The van der Waals surface area contributed by atoms with Gasteiger partial charge in [0.15, 0.2) is 0 Å². The highest BCUT2D eigenvalue weighted by molar-refractivity contribution is 6.33. The van der Waals surface area contributed by atoms with Crippen LogP contribution in [-0.2, 0) is 9.53 Å². The summed E-state index contributed by atoms with van der Waals surface area (Å²) < 4.78 is 10.2. The van der Waals surface area contributed by atoms with Crippen LogP contribution in [0.15, 0.2) is 12.1 Å². The lowest BCUT2D eigenvalue weighted by molar-refractivity contribution is -0.144. The molecule has 1 amide bonds. The maximum absolute atomic E-state index is 12.4. The van der Waals surface area contributed by atoms with E-state index < -0.39 is 0 Å². The molecule has 0 radical (unpaired) electrons. The number of ether oxygens (including phenoxy) is 2. The van der Waals surface area contributed by atoms with E-state index in [0.717, 1.165) is 19.5 Å². The van der Waals surface area contributed by atoms with Gasteiger partial charge in [-0.05, 0) is 31.9 Å². The summed E-state index contributed by atoms with van der Waals surface area (Å²) in [6.07, 6.45) is 0.916. The number of esters is 1. The summed E-state index contributed by atoms with van der Waals surface area (Å²) in [6, 6.07) is 3.04. The summed E-state index contributed by atoms with van der Waals surface area (Å²) in [7, 11) is 1.48. The zero-order valence-corrected chi connectivity index (χ0v) is 15.3. The molecule has 1 atom stereocenters. The van der Waals surface area contributed by atoms with Crippen LogP contribution in [0, 0.1) is 5.92 Å². The second kappa shape index (κ2) is 8.92. The van der Waals surface area contributed by atoms with Crippen molar-refractivity contribution in [2.24, 2.45) is 5.92 Å². The van der Waals surface area contributed by atoms with Gasteiger partial charge in [0.1, 0.15) is 5.75 Å². The molecule has 0 aromatic heterocycles. The molecular weight excluding hydrogens is 346 g/mol. The van der Waals surface area contributed by atoms with Gasteiger partial charge in [0.25, 0.3) is 5.91 Å². The number of halogens is 1. The fourth-order valence-electron chi connectivity index (χ4n) is 2.86. The highest BCUT2D eigenvalue weighted by Gasteiger charge is 2.25. The van der Waals surface area contributed by atoms with Gasteiger partial charge in [-0.15, -0.1) is 0 Å². The van der Waals surface area contributed by atoms with Crippen molar-refractivity contribution in [3.05, 3.63) is 22.7 Å². The molecule has 1 aromatic carbocycles. The Balaban J connectivity index is 1.87. The van der Waals surface area contributed by atoms with Crippen molar-refractivity contribution in [1.29, 1.82) is 0 Å². The van der Waals surface area contributed by atoms with Crippen LogP contribution in [0.5, 0.6) is 5.75 Å². The number of nitrogens with two attached hydrogens (primary N) is 1. The molecule has 1 aromatic rings. The number of nitrogens with one attached hydrogen (secondary N) is 1. The first-order chi connectivity index (χ1) is 11.9. The molecule has 138 valence electrons. The fraction of sp³-hybridized carbons (Fsp3) is 0.529. The number of amides is 1. The summed E-state index contributed by atoms with van der Waals surface area (Å²) in [6.45, 7) is 4.55. The van der Waals surface area contributed by atoms with E-state index in [4.69, 9.17) is 26.8 Å². The lowest BCUT2D eigenvalue weighted by atomic mass is 10.1. The molecule has 0 spiro atoms. The van der Waals surface area contributed by atoms with E-state index in [2.05, 4.69) is 5.32 Å². The van der Waals surface area contributed by atoms with Crippen LogP contribution in [0.2, 0.25) is 5.02 Å². The molecule has 8 heteroatoms. The van der Waals surface area contributed by atoms with Gasteiger partial charge in [0, 0.05) is 19.2 Å². The van der Waals surface area contributed by atoms with Crippen LogP contribution < -0.4 is 15.8 Å². The van der Waals surface area contributed by atoms with Gasteiger partial charge in [-0.25, -0.2) is 0 Å². The fourth-order valence-corrected chi connectivity index (χ4v) is 3.02. The average Bonchev–Trinajstić information content (AvgIpc) is 3.02. The molecule has 0 aliphatic carbocycles. The third-order valence-electron chi connectivity index (χ3n) is 4.14. The van der Waals surface area contributed by atoms with E-state index in [1.54, 1.807) is 6.92 Å². The predicted octanol–water partition coefficient (Wildman–Crippen LogP) is 1.55. The second-order valence-corrected chi connectivity index (χ2v) is 6.39. The van der Waals surface area contributed by atoms with Gasteiger partial charge in [0.2, 0.25) is 0 Å². The van der Waals surface area contributed by atoms with Crippen LogP contribution in [0.1, 0.15) is 23.7 Å². The zero-order chi connectivity index (χ0) is 18.4. The minimum Gasteiger partial charge on any atom is -0.496 e. The Morgan fingerprint density at radius 3 is 2.88 bits per heavy atom. The highest BCUT2D eigenvalue weighted by Crippen LogP contribution is 2.28. The summed E-state index contributed by atoms with van der Waals surface area (Å²) in [5.41, 5.74) is 6.44. The maximum atomic E-state index is 12.4. The molecule has 0 bridgehead atoms. The third-order valence-corrected chi connectivity index (χ3v) is 4.47. The Morgan fingerprint density at radius 1 is 1.44 bits per heavy atom. The second-order valence-electron chi connectivity index (χ2n) is 5.98. The minimum atomic E-state index is -0.261. The largest absolute Gasteiger partial charge is 0.496 e. The monoisotopic (exact) mass is 369 g/mol. The Hall–Kier alpha value is -1.99. The van der Waals surface area contributed by atoms with Gasteiger partial charge in [0.05, 0.1) is 36.5 Å². The molecule has 7 nitrogen and oxygen atoms in total. The number of rotatable bonds is 7. The van der Waals surface area contributed by atoms with Crippen LogP contribution in [-0.4, -0.2) is 56.7 Å². The summed E-state index contributed by atoms with van der Waals surface area (Å²) in [5.74, 6) is 0.194. The molecule has 1 heterocycles. The number of likely N-dealkylation sites (tertiary alicyclic amines) is 1. The molecule has 2 rings (SSSR count). The van der Waals surface area contributed by atoms with Crippen molar-refractivity contribution in [3.8, 4) is 5.75 Å². The van der Waals surface area contributed by atoms with Crippen LogP contribution in [0.3, 0.4) is 0 Å². The van der Waals surface area contributed by atoms with Gasteiger partial charge < -0.3 is 20.5 Å². The van der Waals surface area contributed by atoms with E-state index in [1.807, 2.05) is 4.90 Å². The van der Waals surface area contributed by atoms with Crippen molar-refractivity contribution < 1.29 is 19.1 Å². The molecule has 1 saturated heterocycles. The van der Waals surface area contributed by atoms with Crippen LogP contribution in [0.25, 0.3) is 0 Å². The number of carbonyl (C=O) groups excluding carboxylic acids is 2. The molecule has 3 N–H and O–H groups in total. The predicted molar refractivity (Wildman–Crippen MR) is 95.9 cm³/mol. The smallest absolute Gasteiger partial charge is 0.320 e. The topological polar surface area (TPSA) is 93.9 Å². The highest BCUT2D eigenvalue weighted by atomic mass is 35.5. The lowest BCUT2D eigenvalue weighted by Gasteiger charge is -2.16. The van der Waals surface area contributed by atoms with Crippen LogP contribution in [0.4, 0.5) is 5.69 Å². The van der Waals surface area contributed by atoms with Crippen molar-refractivity contribution in [2.45, 2.75) is 13.3 Å². The summed E-state index contributed by atoms with van der Waals surface area (Å²) >= 11 is 6.00. The zero-order valence-electron chi connectivity index (χ0n) is 14.5. The molecule has 1 fully saturated rings. The standard InChI is InChI=1S/C17H24ClN3O4/c1-3-25-16(22)10-21-5-4-11(9-21)8-20-17(23)12-6-13(18)14(19)7-15(12)24-2/h6-7,11H,3-5,8-10,19H2,1-2H3,(H,20,23). The van der Waals surface area contributed by atoms with Gasteiger partial charge in [-0.1, -0.05) is 11.6 Å². The number of nitrogen functional groups attached to an aromatic ring is 1. The first-order valence-electron chi connectivity index (χ1n) is 8.23. The summed E-state index contributed by atoms with van der Waals surface area (Å²) in [4.78, 5) is 26.0. The molecule has 1 unspecified atom stereocenters. The van der Waals surface area contributed by atoms with E-state index in [-0.39, 0.29) is 17.8 Å². The normalized spacial score (nSPS) is 17.3. The number of benzene rings is 1. The molecule has 25 heavy (non-hydrogen) atoms. The Bertz CT molecular complexity index is 639. The Morgan fingerprint density at radius 2 is 2.20 bits per heavy atom. The Labute approximate surface area is 152 Å². The van der Waals surface area contributed by atoms with E-state index in [1.165, 1.54) is 19.2 Å². The molecular formula is C17H24ClN3O4. The van der Waals surface area contributed by atoms with Crippen molar-refractivity contribution in [2.75, 3.05) is 45.6 Å². The first kappa shape index (κ1) is 19.3. The Kier molecular flexibility index (Phi) is 6.90. The van der Waals surface area contributed by atoms with Gasteiger partial charge in [-0.2, -0.15) is 0 Å². The first-order valence-corrected chi connectivity index (χ1v) is 8.61. The van der Waals surface area contributed by atoms with Crippen LogP contribution >= 0.6 is 11.6 Å². The van der Waals surface area contributed by atoms with Crippen molar-refractivity contribution in [1.82, 2.24) is 10.2 Å². The third kappa shape index (κ3) is 5.24. The molecule has 1 aliphatic rings. The lowest BCUT2D eigenvalue weighted by Crippen LogP contribution is -2.33. The number of carbonyl (C=O) groups is 2.